The van der Waals surface area contributed by atoms with Gasteiger partial charge in [0.05, 0.1) is 13.2 Å². The van der Waals surface area contributed by atoms with Crippen LogP contribution in [0, 0.1) is 5.82 Å². The molecule has 3 rings (SSSR count). The van der Waals surface area contributed by atoms with E-state index in [1.165, 1.54) is 6.07 Å². The summed E-state index contributed by atoms with van der Waals surface area (Å²) in [6, 6.07) is 13.2. The normalized spacial score (nSPS) is 17.6. The molecule has 1 heterocycles. The Morgan fingerprint density at radius 1 is 1.17 bits per heavy atom. The molecule has 0 aliphatic carbocycles. The fourth-order valence-corrected chi connectivity index (χ4v) is 2.44. The molecular formula is C15H14FNO. The third-order valence-corrected chi connectivity index (χ3v) is 3.40. The van der Waals surface area contributed by atoms with Crippen LogP contribution in [0.4, 0.5) is 4.39 Å². The van der Waals surface area contributed by atoms with Crippen LogP contribution in [0.3, 0.4) is 0 Å². The van der Waals surface area contributed by atoms with Crippen molar-refractivity contribution in [2.45, 2.75) is 12.6 Å². The number of halogens is 1. The van der Waals surface area contributed by atoms with Gasteiger partial charge in [0.15, 0.2) is 0 Å². The average molecular weight is 243 g/mol. The molecule has 0 aromatic heterocycles. The van der Waals surface area contributed by atoms with Crippen molar-refractivity contribution in [2.24, 2.45) is 0 Å². The van der Waals surface area contributed by atoms with E-state index in [2.05, 4.69) is 5.32 Å². The van der Waals surface area contributed by atoms with Gasteiger partial charge in [0.1, 0.15) is 11.6 Å². The van der Waals surface area contributed by atoms with Crippen molar-refractivity contribution >= 4 is 0 Å². The average Bonchev–Trinajstić information content (AvgIpc) is 2.84. The van der Waals surface area contributed by atoms with Gasteiger partial charge >= 0.3 is 0 Å². The van der Waals surface area contributed by atoms with Crippen molar-refractivity contribution in [3.05, 3.63) is 65.0 Å². The van der Waals surface area contributed by atoms with Crippen LogP contribution in [0.15, 0.2) is 42.5 Å². The Morgan fingerprint density at radius 2 is 1.94 bits per heavy atom. The number of fused-ring (bicyclic) bond motifs is 1. The standard InChI is InChI=1S/C15H14FNO/c1-18-11-7-5-10(6-8-11)15-12-3-2-4-14(16)13(12)9-17-15/h2-8,15,17H,9H2,1H3. The van der Waals surface area contributed by atoms with Crippen LogP contribution in [0.1, 0.15) is 22.7 Å². The summed E-state index contributed by atoms with van der Waals surface area (Å²) in [5.41, 5.74) is 2.93. The molecule has 2 aromatic carbocycles. The molecule has 0 spiro atoms. The van der Waals surface area contributed by atoms with Gasteiger partial charge in [-0.15, -0.1) is 0 Å². The molecule has 18 heavy (non-hydrogen) atoms. The van der Waals surface area contributed by atoms with Gasteiger partial charge in [-0.05, 0) is 29.3 Å². The molecule has 1 aliphatic rings. The van der Waals surface area contributed by atoms with E-state index in [0.717, 1.165) is 22.4 Å². The van der Waals surface area contributed by atoms with Crippen LogP contribution >= 0.6 is 0 Å². The highest BCUT2D eigenvalue weighted by Crippen LogP contribution is 2.32. The molecule has 0 saturated heterocycles. The Bertz CT molecular complexity index is 565. The first kappa shape index (κ1) is 11.2. The summed E-state index contributed by atoms with van der Waals surface area (Å²) in [4.78, 5) is 0. The Hall–Kier alpha value is -1.87. The van der Waals surface area contributed by atoms with Crippen LogP contribution in [0.25, 0.3) is 0 Å². The quantitative estimate of drug-likeness (QED) is 0.875. The molecular weight excluding hydrogens is 229 g/mol. The van der Waals surface area contributed by atoms with E-state index in [-0.39, 0.29) is 11.9 Å². The number of methoxy groups -OCH3 is 1. The van der Waals surface area contributed by atoms with E-state index in [1.54, 1.807) is 13.2 Å². The second kappa shape index (κ2) is 4.42. The lowest BCUT2D eigenvalue weighted by Crippen LogP contribution is -2.13. The fraction of sp³-hybridized carbons (Fsp3) is 0.200. The maximum absolute atomic E-state index is 13.6. The lowest BCUT2D eigenvalue weighted by Gasteiger charge is -2.13. The maximum atomic E-state index is 13.6. The van der Waals surface area contributed by atoms with E-state index in [4.69, 9.17) is 4.74 Å². The lowest BCUT2D eigenvalue weighted by molar-refractivity contribution is 0.414. The summed E-state index contributed by atoms with van der Waals surface area (Å²) >= 11 is 0. The highest BCUT2D eigenvalue weighted by molar-refractivity contribution is 5.42. The maximum Gasteiger partial charge on any atom is 0.128 e. The molecule has 0 bridgehead atoms. The zero-order valence-electron chi connectivity index (χ0n) is 10.1. The molecule has 1 atom stereocenters. The van der Waals surface area contributed by atoms with E-state index >= 15 is 0 Å². The second-order valence-corrected chi connectivity index (χ2v) is 4.39. The van der Waals surface area contributed by atoms with E-state index in [0.29, 0.717) is 6.54 Å². The van der Waals surface area contributed by atoms with Crippen LogP contribution < -0.4 is 10.1 Å². The first-order valence-electron chi connectivity index (χ1n) is 5.94. The van der Waals surface area contributed by atoms with Crippen molar-refractivity contribution < 1.29 is 9.13 Å². The van der Waals surface area contributed by atoms with Crippen molar-refractivity contribution in [1.29, 1.82) is 0 Å². The minimum atomic E-state index is -0.129. The molecule has 0 saturated carbocycles. The Labute approximate surface area is 105 Å². The molecule has 1 unspecified atom stereocenters. The van der Waals surface area contributed by atoms with Crippen LogP contribution in [0.2, 0.25) is 0 Å². The largest absolute Gasteiger partial charge is 0.497 e. The molecule has 0 amide bonds. The third kappa shape index (κ3) is 1.77. The Balaban J connectivity index is 1.98. The summed E-state index contributed by atoms with van der Waals surface area (Å²) in [6.07, 6.45) is 0. The fourth-order valence-electron chi connectivity index (χ4n) is 2.44. The molecule has 1 N–H and O–H groups in total. The molecule has 0 radical (unpaired) electrons. The Kier molecular flexibility index (Phi) is 2.76. The Morgan fingerprint density at radius 3 is 2.67 bits per heavy atom. The van der Waals surface area contributed by atoms with Crippen molar-refractivity contribution in [3.8, 4) is 5.75 Å². The van der Waals surface area contributed by atoms with Gasteiger partial charge < -0.3 is 10.1 Å². The summed E-state index contributed by atoms with van der Waals surface area (Å²) in [6.45, 7) is 0.582. The zero-order chi connectivity index (χ0) is 12.5. The topological polar surface area (TPSA) is 21.3 Å². The van der Waals surface area contributed by atoms with Crippen LogP contribution in [-0.4, -0.2) is 7.11 Å². The van der Waals surface area contributed by atoms with Crippen molar-refractivity contribution in [2.75, 3.05) is 7.11 Å². The smallest absolute Gasteiger partial charge is 0.128 e. The highest BCUT2D eigenvalue weighted by atomic mass is 19.1. The molecule has 2 aromatic rings. The monoisotopic (exact) mass is 243 g/mol. The molecule has 1 aliphatic heterocycles. The number of hydrogen-bond acceptors (Lipinski definition) is 2. The number of hydrogen-bond donors (Lipinski definition) is 1. The zero-order valence-corrected chi connectivity index (χ0v) is 10.1. The minimum Gasteiger partial charge on any atom is -0.497 e. The summed E-state index contributed by atoms with van der Waals surface area (Å²) < 4.78 is 18.8. The van der Waals surface area contributed by atoms with Gasteiger partial charge in [0.25, 0.3) is 0 Å². The molecule has 0 fully saturated rings. The van der Waals surface area contributed by atoms with Gasteiger partial charge in [-0.3, -0.25) is 0 Å². The summed E-state index contributed by atoms with van der Waals surface area (Å²) in [7, 11) is 1.65. The molecule has 92 valence electrons. The molecule has 3 heteroatoms. The van der Waals surface area contributed by atoms with Gasteiger partial charge in [0, 0.05) is 12.1 Å². The number of rotatable bonds is 2. The highest BCUT2D eigenvalue weighted by Gasteiger charge is 2.25. The minimum absolute atomic E-state index is 0.0709. The SMILES string of the molecule is COc1ccc(C2NCc3c(F)cccc32)cc1. The predicted octanol–water partition coefficient (Wildman–Crippen LogP) is 3.03. The first-order chi connectivity index (χ1) is 8.79. The lowest BCUT2D eigenvalue weighted by atomic mass is 9.98. The number of benzene rings is 2. The van der Waals surface area contributed by atoms with E-state index < -0.39 is 0 Å². The number of ether oxygens (including phenoxy) is 1. The van der Waals surface area contributed by atoms with Gasteiger partial charge in [-0.25, -0.2) is 4.39 Å². The van der Waals surface area contributed by atoms with Crippen molar-refractivity contribution in [1.82, 2.24) is 5.32 Å². The van der Waals surface area contributed by atoms with Crippen LogP contribution in [-0.2, 0) is 6.54 Å². The van der Waals surface area contributed by atoms with Crippen molar-refractivity contribution in [3.63, 3.8) is 0 Å². The third-order valence-electron chi connectivity index (χ3n) is 3.40. The summed E-state index contributed by atoms with van der Waals surface area (Å²) in [5, 5.41) is 3.34. The van der Waals surface area contributed by atoms with Gasteiger partial charge in [0.2, 0.25) is 0 Å². The van der Waals surface area contributed by atoms with Gasteiger partial charge in [-0.1, -0.05) is 24.3 Å². The second-order valence-electron chi connectivity index (χ2n) is 4.39. The van der Waals surface area contributed by atoms with Crippen LogP contribution in [0.5, 0.6) is 5.75 Å². The van der Waals surface area contributed by atoms with E-state index in [1.807, 2.05) is 30.3 Å². The first-order valence-corrected chi connectivity index (χ1v) is 5.94. The summed E-state index contributed by atoms with van der Waals surface area (Å²) in [5.74, 6) is 0.701. The molecule has 2 nitrogen and oxygen atoms in total. The van der Waals surface area contributed by atoms with E-state index in [9.17, 15) is 4.39 Å². The van der Waals surface area contributed by atoms with Gasteiger partial charge in [-0.2, -0.15) is 0 Å². The number of nitrogens with one attached hydrogen (secondary N) is 1. The predicted molar refractivity (Wildman–Crippen MR) is 68.1 cm³/mol.